The molecule has 0 radical (unpaired) electrons. The number of carbonyl (C=O) groups excluding carboxylic acids is 1. The molecule has 3 nitrogen and oxygen atoms in total. The number of rotatable bonds is 5. The molecule has 0 fully saturated rings. The Morgan fingerprint density at radius 1 is 1.05 bits per heavy atom. The molecule has 0 aliphatic rings. The van der Waals surface area contributed by atoms with Crippen LogP contribution in [0.25, 0.3) is 0 Å². The summed E-state index contributed by atoms with van der Waals surface area (Å²) in [6.07, 6.45) is -0.712. The smallest absolute Gasteiger partial charge is 0.261 e. The Labute approximate surface area is 121 Å². The summed E-state index contributed by atoms with van der Waals surface area (Å²) >= 11 is 0. The predicted octanol–water partition coefficient (Wildman–Crippen LogP) is 3.05. The summed E-state index contributed by atoms with van der Waals surface area (Å²) in [5, 5.41) is 2.69. The Kier molecular flexibility index (Phi) is 4.87. The van der Waals surface area contributed by atoms with Gasteiger partial charge in [-0.3, -0.25) is 4.79 Å². The lowest BCUT2D eigenvalue weighted by atomic mass is 10.2. The third kappa shape index (κ3) is 4.56. The number of ether oxygens (including phenoxy) is 1. The van der Waals surface area contributed by atoms with Crippen molar-refractivity contribution in [3.8, 4) is 5.75 Å². The summed E-state index contributed by atoms with van der Waals surface area (Å²) in [6.45, 7) is 1.89. The van der Waals surface area contributed by atoms with Crippen molar-refractivity contribution >= 4 is 5.91 Å². The van der Waals surface area contributed by atoms with Crippen molar-refractivity contribution < 1.29 is 18.3 Å². The van der Waals surface area contributed by atoms with E-state index in [0.29, 0.717) is 5.75 Å². The predicted molar refractivity (Wildman–Crippen MR) is 74.7 cm³/mol. The molecule has 110 valence electrons. The first kappa shape index (κ1) is 15.0. The maximum atomic E-state index is 12.8. The van der Waals surface area contributed by atoms with Crippen LogP contribution in [0, 0.1) is 11.6 Å². The van der Waals surface area contributed by atoms with Gasteiger partial charge in [-0.15, -0.1) is 0 Å². The molecule has 0 aliphatic carbocycles. The van der Waals surface area contributed by atoms with E-state index in [1.807, 2.05) is 0 Å². The summed E-state index contributed by atoms with van der Waals surface area (Å²) in [6, 6.07) is 11.3. The average molecular weight is 291 g/mol. The van der Waals surface area contributed by atoms with Gasteiger partial charge in [0.2, 0.25) is 0 Å². The van der Waals surface area contributed by atoms with Crippen molar-refractivity contribution in [3.63, 3.8) is 0 Å². The van der Waals surface area contributed by atoms with E-state index in [1.54, 1.807) is 19.1 Å². The lowest BCUT2D eigenvalue weighted by Crippen LogP contribution is -2.35. The van der Waals surface area contributed by atoms with E-state index in [1.165, 1.54) is 36.4 Å². The fourth-order valence-corrected chi connectivity index (χ4v) is 1.71. The van der Waals surface area contributed by atoms with Crippen molar-refractivity contribution in [2.45, 2.75) is 19.6 Å². The van der Waals surface area contributed by atoms with E-state index >= 15 is 0 Å². The molecule has 0 saturated carbocycles. The number of amides is 1. The molecule has 0 unspecified atom stereocenters. The first-order valence-electron chi connectivity index (χ1n) is 6.49. The van der Waals surface area contributed by atoms with Crippen LogP contribution in [0.4, 0.5) is 8.78 Å². The summed E-state index contributed by atoms with van der Waals surface area (Å²) in [5.41, 5.74) is 0.790. The van der Waals surface area contributed by atoms with Crippen LogP contribution in [-0.4, -0.2) is 12.0 Å². The van der Waals surface area contributed by atoms with E-state index in [9.17, 15) is 13.6 Å². The molecular formula is C16H15F2NO2. The molecular weight excluding hydrogens is 276 g/mol. The standard InChI is InChI=1S/C16H15F2NO2/c1-11(21-15-8-6-14(18)7-9-15)16(20)19-10-12-2-4-13(17)5-3-12/h2-9,11H,10H2,1H3,(H,19,20)/t11-/m0/s1. The van der Waals surface area contributed by atoms with Crippen molar-refractivity contribution in [2.75, 3.05) is 0 Å². The molecule has 0 aliphatic heterocycles. The molecule has 2 rings (SSSR count). The molecule has 0 bridgehead atoms. The second-order valence-electron chi connectivity index (χ2n) is 4.56. The van der Waals surface area contributed by atoms with Crippen LogP contribution in [0.3, 0.4) is 0 Å². The van der Waals surface area contributed by atoms with Crippen LogP contribution in [0.1, 0.15) is 12.5 Å². The van der Waals surface area contributed by atoms with Crippen LogP contribution in [0.15, 0.2) is 48.5 Å². The van der Waals surface area contributed by atoms with Crippen molar-refractivity contribution in [3.05, 3.63) is 65.7 Å². The van der Waals surface area contributed by atoms with Gasteiger partial charge < -0.3 is 10.1 Å². The largest absolute Gasteiger partial charge is 0.481 e. The quantitative estimate of drug-likeness (QED) is 0.919. The number of nitrogens with one attached hydrogen (secondary N) is 1. The molecule has 2 aromatic carbocycles. The first-order chi connectivity index (χ1) is 10.0. The zero-order valence-electron chi connectivity index (χ0n) is 11.5. The lowest BCUT2D eigenvalue weighted by Gasteiger charge is -2.14. The highest BCUT2D eigenvalue weighted by Gasteiger charge is 2.14. The van der Waals surface area contributed by atoms with Gasteiger partial charge in [-0.05, 0) is 48.9 Å². The molecule has 0 heterocycles. The zero-order chi connectivity index (χ0) is 15.2. The minimum absolute atomic E-state index is 0.288. The van der Waals surface area contributed by atoms with Crippen LogP contribution < -0.4 is 10.1 Å². The van der Waals surface area contributed by atoms with Gasteiger partial charge in [0.1, 0.15) is 17.4 Å². The summed E-state index contributed by atoms with van der Waals surface area (Å²) < 4.78 is 30.9. The average Bonchev–Trinajstić information content (AvgIpc) is 2.48. The molecule has 1 atom stereocenters. The van der Waals surface area contributed by atoms with Gasteiger partial charge in [-0.2, -0.15) is 0 Å². The SMILES string of the molecule is C[C@H](Oc1ccc(F)cc1)C(=O)NCc1ccc(F)cc1. The van der Waals surface area contributed by atoms with E-state index in [4.69, 9.17) is 4.74 Å². The fourth-order valence-electron chi connectivity index (χ4n) is 1.71. The first-order valence-corrected chi connectivity index (χ1v) is 6.49. The topological polar surface area (TPSA) is 38.3 Å². The minimum atomic E-state index is -0.712. The van der Waals surface area contributed by atoms with Crippen molar-refractivity contribution in [1.29, 1.82) is 0 Å². The maximum Gasteiger partial charge on any atom is 0.261 e. The molecule has 0 saturated heterocycles. The molecule has 5 heteroatoms. The van der Waals surface area contributed by atoms with Crippen molar-refractivity contribution in [1.82, 2.24) is 5.32 Å². The third-order valence-electron chi connectivity index (χ3n) is 2.88. The Bertz CT molecular complexity index is 597. The van der Waals surface area contributed by atoms with Crippen LogP contribution in [0.5, 0.6) is 5.75 Å². The Balaban J connectivity index is 1.84. The number of hydrogen-bond acceptors (Lipinski definition) is 2. The zero-order valence-corrected chi connectivity index (χ0v) is 11.5. The number of benzene rings is 2. The highest BCUT2D eigenvalue weighted by atomic mass is 19.1. The van der Waals surface area contributed by atoms with Crippen molar-refractivity contribution in [2.24, 2.45) is 0 Å². The Morgan fingerprint density at radius 3 is 2.14 bits per heavy atom. The third-order valence-corrected chi connectivity index (χ3v) is 2.88. The summed E-state index contributed by atoms with van der Waals surface area (Å²) in [4.78, 5) is 11.9. The van der Waals surface area contributed by atoms with Crippen LogP contribution in [-0.2, 0) is 11.3 Å². The monoisotopic (exact) mass is 291 g/mol. The second-order valence-corrected chi connectivity index (χ2v) is 4.56. The Morgan fingerprint density at radius 2 is 1.57 bits per heavy atom. The van der Waals surface area contributed by atoms with Crippen LogP contribution in [0.2, 0.25) is 0 Å². The van der Waals surface area contributed by atoms with E-state index in [0.717, 1.165) is 5.56 Å². The molecule has 1 N–H and O–H groups in total. The fraction of sp³-hybridized carbons (Fsp3) is 0.188. The second kappa shape index (κ2) is 6.83. The number of halogens is 2. The minimum Gasteiger partial charge on any atom is -0.481 e. The highest BCUT2D eigenvalue weighted by molar-refractivity contribution is 5.80. The normalized spacial score (nSPS) is 11.8. The molecule has 1 amide bonds. The van der Waals surface area contributed by atoms with Gasteiger partial charge in [0.05, 0.1) is 0 Å². The van der Waals surface area contributed by atoms with E-state index in [2.05, 4.69) is 5.32 Å². The maximum absolute atomic E-state index is 12.8. The van der Waals surface area contributed by atoms with Crippen LogP contribution >= 0.6 is 0 Å². The number of hydrogen-bond donors (Lipinski definition) is 1. The van der Waals surface area contributed by atoms with Gasteiger partial charge in [0.15, 0.2) is 6.10 Å². The summed E-state index contributed by atoms with van der Waals surface area (Å²) in [7, 11) is 0. The lowest BCUT2D eigenvalue weighted by molar-refractivity contribution is -0.127. The van der Waals surface area contributed by atoms with Gasteiger partial charge in [0.25, 0.3) is 5.91 Å². The Hall–Kier alpha value is -2.43. The van der Waals surface area contributed by atoms with E-state index < -0.39 is 6.10 Å². The molecule has 21 heavy (non-hydrogen) atoms. The molecule has 0 spiro atoms. The van der Waals surface area contributed by atoms with Gasteiger partial charge in [-0.1, -0.05) is 12.1 Å². The summed E-state index contributed by atoms with van der Waals surface area (Å²) in [5.74, 6) is -0.571. The number of carbonyl (C=O) groups is 1. The van der Waals surface area contributed by atoms with Gasteiger partial charge >= 0.3 is 0 Å². The molecule has 2 aromatic rings. The van der Waals surface area contributed by atoms with Gasteiger partial charge in [-0.25, -0.2) is 8.78 Å². The van der Waals surface area contributed by atoms with E-state index in [-0.39, 0.29) is 24.1 Å². The van der Waals surface area contributed by atoms with Gasteiger partial charge in [0, 0.05) is 6.54 Å². The molecule has 0 aromatic heterocycles. The highest BCUT2D eigenvalue weighted by Crippen LogP contribution is 2.13.